The molecule has 0 spiro atoms. The van der Waals surface area contributed by atoms with E-state index in [1.165, 1.54) is 16.8 Å². The Morgan fingerprint density at radius 3 is 2.26 bits per heavy atom. The lowest BCUT2D eigenvalue weighted by Gasteiger charge is -2.27. The van der Waals surface area contributed by atoms with Gasteiger partial charge in [0.1, 0.15) is 5.01 Å². The Morgan fingerprint density at radius 2 is 1.63 bits per heavy atom. The summed E-state index contributed by atoms with van der Waals surface area (Å²) < 4.78 is 0. The van der Waals surface area contributed by atoms with Crippen LogP contribution in [0.4, 0.5) is 0 Å². The third-order valence-corrected chi connectivity index (χ3v) is 5.94. The van der Waals surface area contributed by atoms with Crippen molar-refractivity contribution in [3.05, 3.63) is 88.9 Å². The van der Waals surface area contributed by atoms with Crippen molar-refractivity contribution in [2.24, 2.45) is 5.73 Å². The van der Waals surface area contributed by atoms with Gasteiger partial charge >= 0.3 is 0 Å². The van der Waals surface area contributed by atoms with E-state index in [0.29, 0.717) is 0 Å². The molecule has 4 rings (SSSR count). The first kappa shape index (κ1) is 17.7. The molecule has 0 fully saturated rings. The molecule has 0 bridgehead atoms. The molecule has 0 amide bonds. The summed E-state index contributed by atoms with van der Waals surface area (Å²) in [5.41, 5.74) is 11.8. The number of thiazole rings is 1. The smallest absolute Gasteiger partial charge is 0.117 e. The van der Waals surface area contributed by atoms with Crippen LogP contribution in [0.3, 0.4) is 0 Å². The predicted molar refractivity (Wildman–Crippen MR) is 114 cm³/mol. The monoisotopic (exact) mass is 373 g/mol. The maximum atomic E-state index is 6.63. The summed E-state index contributed by atoms with van der Waals surface area (Å²) in [6.07, 6.45) is 7.09. The van der Waals surface area contributed by atoms with E-state index >= 15 is 0 Å². The minimum atomic E-state index is -0.521. The zero-order chi connectivity index (χ0) is 18.9. The molecule has 1 unspecified atom stereocenters. The van der Waals surface area contributed by atoms with Gasteiger partial charge in [-0.15, -0.1) is 11.3 Å². The Morgan fingerprint density at radius 1 is 0.963 bits per heavy atom. The first-order chi connectivity index (χ1) is 13.0. The third-order valence-electron chi connectivity index (χ3n) is 4.91. The van der Waals surface area contributed by atoms with Gasteiger partial charge in [-0.2, -0.15) is 0 Å². The van der Waals surface area contributed by atoms with Crippen molar-refractivity contribution in [1.29, 1.82) is 0 Å². The van der Waals surface area contributed by atoms with Crippen LogP contribution < -0.4 is 5.73 Å². The minimum Gasteiger partial charge on any atom is -0.378 e. The molecule has 3 aromatic rings. The van der Waals surface area contributed by atoms with Gasteiger partial charge in [0, 0.05) is 30.7 Å². The van der Waals surface area contributed by atoms with Crippen LogP contribution in [0.1, 0.15) is 11.4 Å². The largest absolute Gasteiger partial charge is 0.378 e. The highest BCUT2D eigenvalue weighted by atomic mass is 32.1. The molecule has 1 aliphatic carbocycles. The van der Waals surface area contributed by atoms with Crippen molar-refractivity contribution >= 4 is 11.3 Å². The highest BCUT2D eigenvalue weighted by Crippen LogP contribution is 2.34. The summed E-state index contributed by atoms with van der Waals surface area (Å²) in [5.74, 6) is 0. The zero-order valence-corrected chi connectivity index (χ0v) is 16.4. The molecule has 0 saturated heterocycles. The molecule has 1 atom stereocenters. The molecule has 0 aliphatic heterocycles. The van der Waals surface area contributed by atoms with E-state index in [9.17, 15) is 0 Å². The van der Waals surface area contributed by atoms with Crippen LogP contribution in [0.2, 0.25) is 0 Å². The SMILES string of the molecule is CN(C)C1=CCC(N)(c2nc(-c3ccc(-c4ccccc4)cc3)cs2)C=C1. The first-order valence-corrected chi connectivity index (χ1v) is 9.91. The number of hydrogen-bond acceptors (Lipinski definition) is 4. The molecular weight excluding hydrogens is 350 g/mol. The number of aromatic nitrogens is 1. The molecule has 136 valence electrons. The molecule has 1 aliphatic rings. The Kier molecular flexibility index (Phi) is 4.68. The lowest BCUT2D eigenvalue weighted by Crippen LogP contribution is -2.35. The molecule has 4 heteroatoms. The van der Waals surface area contributed by atoms with Crippen molar-refractivity contribution < 1.29 is 0 Å². The fourth-order valence-electron chi connectivity index (χ4n) is 3.22. The number of nitrogens with zero attached hydrogens (tertiary/aromatic N) is 2. The highest BCUT2D eigenvalue weighted by Gasteiger charge is 2.29. The average Bonchev–Trinajstić information content (AvgIpc) is 3.20. The lowest BCUT2D eigenvalue weighted by molar-refractivity contribution is 0.495. The number of benzene rings is 2. The molecule has 27 heavy (non-hydrogen) atoms. The Hall–Kier alpha value is -2.69. The molecule has 0 saturated carbocycles. The maximum absolute atomic E-state index is 6.63. The van der Waals surface area contributed by atoms with Crippen LogP contribution in [0.25, 0.3) is 22.4 Å². The normalized spacial score (nSPS) is 19.0. The molecule has 2 N–H and O–H groups in total. The van der Waals surface area contributed by atoms with Crippen LogP contribution >= 0.6 is 11.3 Å². The number of nitrogens with two attached hydrogens (primary N) is 1. The van der Waals surface area contributed by atoms with E-state index in [-0.39, 0.29) is 0 Å². The van der Waals surface area contributed by atoms with Gasteiger partial charge in [-0.05, 0) is 23.6 Å². The molecule has 2 aromatic carbocycles. The number of hydrogen-bond donors (Lipinski definition) is 1. The zero-order valence-electron chi connectivity index (χ0n) is 15.6. The summed E-state index contributed by atoms with van der Waals surface area (Å²) in [5, 5.41) is 3.05. The highest BCUT2D eigenvalue weighted by molar-refractivity contribution is 7.10. The lowest BCUT2D eigenvalue weighted by atomic mass is 9.92. The first-order valence-electron chi connectivity index (χ1n) is 9.03. The molecule has 1 heterocycles. The Balaban J connectivity index is 1.56. The van der Waals surface area contributed by atoms with Crippen LogP contribution in [0.15, 0.2) is 83.9 Å². The number of rotatable bonds is 4. The van der Waals surface area contributed by atoms with Crippen molar-refractivity contribution in [3.63, 3.8) is 0 Å². The predicted octanol–water partition coefficient (Wildman–Crippen LogP) is 5.04. The molecular formula is C23H23N3S. The molecule has 3 nitrogen and oxygen atoms in total. The van der Waals surface area contributed by atoms with E-state index in [0.717, 1.165) is 22.7 Å². The van der Waals surface area contributed by atoms with Gasteiger partial charge in [0.05, 0.1) is 11.2 Å². The van der Waals surface area contributed by atoms with Gasteiger partial charge in [-0.1, -0.05) is 66.7 Å². The van der Waals surface area contributed by atoms with Crippen LogP contribution in [0, 0.1) is 0 Å². The van der Waals surface area contributed by atoms with Crippen LogP contribution in [-0.4, -0.2) is 24.0 Å². The van der Waals surface area contributed by atoms with E-state index in [4.69, 9.17) is 10.7 Å². The van der Waals surface area contributed by atoms with Gasteiger partial charge in [-0.3, -0.25) is 0 Å². The second kappa shape index (κ2) is 7.14. The fraction of sp³-hybridized carbons (Fsp3) is 0.174. The maximum Gasteiger partial charge on any atom is 0.117 e. The average molecular weight is 374 g/mol. The number of likely N-dealkylation sites (N-methyl/N-ethyl adjacent to an activating group) is 1. The second-order valence-electron chi connectivity index (χ2n) is 7.08. The van der Waals surface area contributed by atoms with Crippen LogP contribution in [0.5, 0.6) is 0 Å². The topological polar surface area (TPSA) is 42.1 Å². The molecule has 1 aromatic heterocycles. The third kappa shape index (κ3) is 3.59. The summed E-state index contributed by atoms with van der Waals surface area (Å²) in [7, 11) is 4.08. The molecule has 0 radical (unpaired) electrons. The van der Waals surface area contributed by atoms with E-state index in [1.807, 2.05) is 20.2 Å². The van der Waals surface area contributed by atoms with E-state index in [2.05, 4.69) is 77.0 Å². The fourth-order valence-corrected chi connectivity index (χ4v) is 4.15. The second-order valence-corrected chi connectivity index (χ2v) is 7.94. The standard InChI is InChI=1S/C23H23N3S/c1-26(2)20-12-14-23(24,15-13-20)22-25-21(16-27-22)19-10-8-18(9-11-19)17-6-4-3-5-7-17/h3-14,16H,15,24H2,1-2H3. The van der Waals surface area contributed by atoms with E-state index in [1.54, 1.807) is 11.3 Å². The van der Waals surface area contributed by atoms with Gasteiger partial charge in [0.2, 0.25) is 0 Å². The van der Waals surface area contributed by atoms with Crippen LogP contribution in [-0.2, 0) is 5.54 Å². The van der Waals surface area contributed by atoms with Gasteiger partial charge in [0.15, 0.2) is 0 Å². The van der Waals surface area contributed by atoms with Crippen molar-refractivity contribution in [2.75, 3.05) is 14.1 Å². The number of allylic oxidation sites excluding steroid dienone is 1. The van der Waals surface area contributed by atoms with Gasteiger partial charge < -0.3 is 10.6 Å². The summed E-state index contributed by atoms with van der Waals surface area (Å²) >= 11 is 1.63. The van der Waals surface area contributed by atoms with Gasteiger partial charge in [-0.25, -0.2) is 4.98 Å². The minimum absolute atomic E-state index is 0.521. The summed E-state index contributed by atoms with van der Waals surface area (Å²) in [6.45, 7) is 0. The van der Waals surface area contributed by atoms with E-state index < -0.39 is 5.54 Å². The quantitative estimate of drug-likeness (QED) is 0.697. The summed E-state index contributed by atoms with van der Waals surface area (Å²) in [4.78, 5) is 6.94. The van der Waals surface area contributed by atoms with Gasteiger partial charge in [0.25, 0.3) is 0 Å². The Labute approximate surface area is 164 Å². The summed E-state index contributed by atoms with van der Waals surface area (Å²) in [6, 6.07) is 19.0. The van der Waals surface area contributed by atoms with Crippen molar-refractivity contribution in [3.8, 4) is 22.4 Å². The van der Waals surface area contributed by atoms with Crippen molar-refractivity contribution in [2.45, 2.75) is 12.0 Å². The Bertz CT molecular complexity index is 984. The van der Waals surface area contributed by atoms with Crippen molar-refractivity contribution in [1.82, 2.24) is 9.88 Å².